The number of rotatable bonds is 5. The van der Waals surface area contributed by atoms with Crippen molar-refractivity contribution in [3.8, 4) is 28.5 Å². The third-order valence-electron chi connectivity index (χ3n) is 5.48. The van der Waals surface area contributed by atoms with Crippen molar-refractivity contribution in [2.24, 2.45) is 0 Å². The molecule has 1 aromatic carbocycles. The lowest BCUT2D eigenvalue weighted by molar-refractivity contribution is 0.261. The van der Waals surface area contributed by atoms with Crippen molar-refractivity contribution >= 4 is 28.6 Å². The van der Waals surface area contributed by atoms with E-state index in [1.165, 1.54) is 0 Å². The summed E-state index contributed by atoms with van der Waals surface area (Å²) < 4.78 is 7.06. The Morgan fingerprint density at radius 1 is 0.972 bits per heavy atom. The lowest BCUT2D eigenvalue weighted by Gasteiger charge is -2.05. The summed E-state index contributed by atoms with van der Waals surface area (Å²) >= 11 is 0. The number of nitrogens with zero attached hydrogens (tertiary/aromatic N) is 6. The number of carbonyl (C=O) groups excluding carboxylic acids is 1. The molecular formula is C25H19N9O2. The molecule has 11 heteroatoms. The van der Waals surface area contributed by atoms with Crippen LogP contribution in [-0.4, -0.2) is 40.7 Å². The second-order valence-corrected chi connectivity index (χ2v) is 8.01. The summed E-state index contributed by atoms with van der Waals surface area (Å²) in [5.74, 6) is 1.62. The van der Waals surface area contributed by atoms with Crippen LogP contribution in [0.15, 0.2) is 84.2 Å². The topological polar surface area (TPSA) is 139 Å². The Hall–Kier alpha value is -5.32. The highest BCUT2D eigenvalue weighted by Crippen LogP contribution is 2.25. The van der Waals surface area contributed by atoms with Crippen LogP contribution < -0.4 is 10.6 Å². The predicted molar refractivity (Wildman–Crippen MR) is 134 cm³/mol. The lowest BCUT2D eigenvalue weighted by atomic mass is 10.2. The maximum atomic E-state index is 12.4. The van der Waals surface area contributed by atoms with Crippen molar-refractivity contribution in [2.45, 2.75) is 6.92 Å². The largest absolute Gasteiger partial charge is 0.338 e. The van der Waals surface area contributed by atoms with Crippen molar-refractivity contribution in [3.05, 3.63) is 85.3 Å². The molecule has 0 saturated carbocycles. The Balaban J connectivity index is 1.16. The molecule has 0 spiro atoms. The lowest BCUT2D eigenvalue weighted by Crippen LogP contribution is -2.18. The number of imidazole rings is 2. The molecule has 0 atom stereocenters. The van der Waals surface area contributed by atoms with Crippen molar-refractivity contribution in [1.29, 1.82) is 0 Å². The molecule has 36 heavy (non-hydrogen) atoms. The molecule has 0 aliphatic carbocycles. The molecule has 3 N–H and O–H groups in total. The molecule has 0 fully saturated rings. The molecule has 6 aromatic rings. The molecule has 5 aromatic heterocycles. The number of aryl methyl sites for hydroxylation is 1. The summed E-state index contributed by atoms with van der Waals surface area (Å²) in [5, 5.41) is 9.39. The van der Waals surface area contributed by atoms with Gasteiger partial charge in [0, 0.05) is 47.7 Å². The summed E-state index contributed by atoms with van der Waals surface area (Å²) in [6.45, 7) is 1.92. The molecule has 0 saturated heterocycles. The number of pyridine rings is 2. The molecule has 2 amide bonds. The fourth-order valence-corrected chi connectivity index (χ4v) is 3.76. The zero-order valence-corrected chi connectivity index (χ0v) is 19.0. The van der Waals surface area contributed by atoms with Gasteiger partial charge in [0.05, 0.1) is 11.2 Å². The van der Waals surface area contributed by atoms with Gasteiger partial charge in [0.25, 0.3) is 0 Å². The number of benzene rings is 1. The van der Waals surface area contributed by atoms with E-state index >= 15 is 0 Å². The smallest absolute Gasteiger partial charge is 0.326 e. The second-order valence-electron chi connectivity index (χ2n) is 8.01. The van der Waals surface area contributed by atoms with Gasteiger partial charge in [-0.15, -0.1) is 0 Å². The number of urea groups is 1. The minimum absolute atomic E-state index is 0.232. The van der Waals surface area contributed by atoms with Crippen molar-refractivity contribution in [3.63, 3.8) is 0 Å². The van der Waals surface area contributed by atoms with Gasteiger partial charge in [0.15, 0.2) is 5.82 Å². The number of hydrogen-bond donors (Lipinski definition) is 3. The number of aromatic amines is 1. The molecule has 176 valence electrons. The summed E-state index contributed by atoms with van der Waals surface area (Å²) in [6.07, 6.45) is 8.68. The number of fused-ring (bicyclic) bond motifs is 1. The van der Waals surface area contributed by atoms with Crippen LogP contribution in [0.2, 0.25) is 0 Å². The fraction of sp³-hybridized carbons (Fsp3) is 0.0400. The van der Waals surface area contributed by atoms with Crippen LogP contribution in [0.5, 0.6) is 0 Å². The maximum Gasteiger partial charge on any atom is 0.326 e. The number of H-pyrrole nitrogens is 1. The number of carbonyl (C=O) groups is 1. The van der Waals surface area contributed by atoms with Gasteiger partial charge < -0.3 is 14.8 Å². The second kappa shape index (κ2) is 8.80. The number of nitrogens with one attached hydrogen (secondary N) is 3. The van der Waals surface area contributed by atoms with Crippen LogP contribution in [-0.2, 0) is 0 Å². The van der Waals surface area contributed by atoms with Crippen LogP contribution in [0.3, 0.4) is 0 Å². The van der Waals surface area contributed by atoms with E-state index in [9.17, 15) is 4.79 Å². The van der Waals surface area contributed by atoms with Gasteiger partial charge in [-0.3, -0.25) is 14.9 Å². The van der Waals surface area contributed by atoms with E-state index in [4.69, 9.17) is 9.51 Å². The number of hydrogen-bond acceptors (Lipinski definition) is 7. The first kappa shape index (κ1) is 21.2. The monoisotopic (exact) mass is 477 g/mol. The van der Waals surface area contributed by atoms with E-state index in [2.05, 4.69) is 35.7 Å². The zero-order valence-electron chi connectivity index (χ0n) is 19.0. The molecule has 6 rings (SSSR count). The average molecular weight is 477 g/mol. The van der Waals surface area contributed by atoms with Crippen LogP contribution in [0.1, 0.15) is 5.69 Å². The molecular weight excluding hydrogens is 458 g/mol. The van der Waals surface area contributed by atoms with E-state index < -0.39 is 6.03 Å². The Morgan fingerprint density at radius 2 is 1.81 bits per heavy atom. The van der Waals surface area contributed by atoms with Crippen molar-refractivity contribution in [1.82, 2.24) is 34.6 Å². The van der Waals surface area contributed by atoms with E-state index in [1.807, 2.05) is 35.9 Å². The van der Waals surface area contributed by atoms with Crippen molar-refractivity contribution in [2.75, 3.05) is 10.6 Å². The molecule has 0 aliphatic rings. The number of amides is 2. The van der Waals surface area contributed by atoms with Gasteiger partial charge in [-0.1, -0.05) is 5.16 Å². The zero-order chi connectivity index (χ0) is 24.5. The van der Waals surface area contributed by atoms with Gasteiger partial charge >= 0.3 is 6.03 Å². The first-order chi connectivity index (χ1) is 17.6. The Kier molecular flexibility index (Phi) is 5.19. The van der Waals surface area contributed by atoms with Crippen LogP contribution in [0.4, 0.5) is 16.4 Å². The molecule has 11 nitrogen and oxygen atoms in total. The molecule has 0 bridgehead atoms. The van der Waals surface area contributed by atoms with Crippen LogP contribution in [0, 0.1) is 6.92 Å². The van der Waals surface area contributed by atoms with E-state index in [0.717, 1.165) is 27.9 Å². The summed E-state index contributed by atoms with van der Waals surface area (Å²) in [5.41, 5.74) is 5.41. The summed E-state index contributed by atoms with van der Waals surface area (Å²) in [7, 11) is 0. The third kappa shape index (κ3) is 4.16. The van der Waals surface area contributed by atoms with Crippen LogP contribution >= 0.6 is 0 Å². The Morgan fingerprint density at radius 3 is 2.58 bits per heavy atom. The number of anilines is 2. The van der Waals surface area contributed by atoms with Gasteiger partial charge in [-0.05, 0) is 49.4 Å². The van der Waals surface area contributed by atoms with Crippen molar-refractivity contribution < 1.29 is 9.32 Å². The molecule has 0 aliphatic heterocycles. The van der Waals surface area contributed by atoms with Crippen LogP contribution in [0.25, 0.3) is 39.5 Å². The van der Waals surface area contributed by atoms with Gasteiger partial charge in [0.1, 0.15) is 23.4 Å². The third-order valence-corrected chi connectivity index (χ3v) is 5.48. The first-order valence-corrected chi connectivity index (χ1v) is 11.0. The minimum atomic E-state index is -0.449. The quantitative estimate of drug-likeness (QED) is 0.324. The first-order valence-electron chi connectivity index (χ1n) is 11.0. The highest BCUT2D eigenvalue weighted by atomic mass is 16.5. The minimum Gasteiger partial charge on any atom is -0.338 e. The van der Waals surface area contributed by atoms with E-state index in [1.54, 1.807) is 55.2 Å². The highest BCUT2D eigenvalue weighted by Gasteiger charge is 2.13. The Bertz CT molecular complexity index is 1670. The van der Waals surface area contributed by atoms with Gasteiger partial charge in [0.2, 0.25) is 5.88 Å². The summed E-state index contributed by atoms with van der Waals surface area (Å²) in [6, 6.07) is 14.0. The maximum absolute atomic E-state index is 12.4. The normalized spacial score (nSPS) is 11.0. The molecule has 5 heterocycles. The SMILES string of the molecule is Cc1cn(-c2nccc3[nH]c(-c4ccc(NC(=O)Nc5cc(-c6ccncc6)no5)cc4)nc23)cn1. The van der Waals surface area contributed by atoms with E-state index in [-0.39, 0.29) is 5.88 Å². The predicted octanol–water partition coefficient (Wildman–Crippen LogP) is 4.81. The standard InChI is InChI=1S/C25H19N9O2/c1-15-13-34(14-28-15)24-22-19(8-11-27-24)30-23(32-22)17-2-4-18(5-3-17)29-25(35)31-21-12-20(33-36-21)16-6-9-26-10-7-16/h2-14H,1H3,(H,30,32)(H2,29,31,35). The highest BCUT2D eigenvalue weighted by molar-refractivity contribution is 5.99. The average Bonchev–Trinajstić information content (AvgIpc) is 3.64. The van der Waals surface area contributed by atoms with Gasteiger partial charge in [-0.2, -0.15) is 0 Å². The Labute approximate surface area is 204 Å². The summed E-state index contributed by atoms with van der Waals surface area (Å²) in [4.78, 5) is 33.2. The van der Waals surface area contributed by atoms with E-state index in [0.29, 0.717) is 23.0 Å². The molecule has 0 unspecified atom stereocenters. The molecule has 0 radical (unpaired) electrons. The van der Waals surface area contributed by atoms with Gasteiger partial charge in [-0.25, -0.2) is 19.7 Å². The fourth-order valence-electron chi connectivity index (χ4n) is 3.76. The number of aromatic nitrogens is 7.